The zero-order valence-electron chi connectivity index (χ0n) is 8.62. The van der Waals surface area contributed by atoms with E-state index in [0.717, 1.165) is 29.7 Å². The van der Waals surface area contributed by atoms with Gasteiger partial charge in [0, 0.05) is 12.1 Å². The van der Waals surface area contributed by atoms with Crippen LogP contribution in [0.1, 0.15) is 38.4 Å². The number of nitrogens with zero attached hydrogens (tertiary/aromatic N) is 2. The molecule has 0 atom stereocenters. The Labute approximate surface area is 83.6 Å². The summed E-state index contributed by atoms with van der Waals surface area (Å²) in [6, 6.07) is 1.94. The van der Waals surface area contributed by atoms with Crippen LogP contribution >= 0.6 is 0 Å². The standard InChI is InChI=1S/C11H15N3/c1-3-8(4-2)11-13-9-5-6-12-7-10(9)14-11/h5-8H,3-4H2,1-2H3,(H,13,14). The second kappa shape index (κ2) is 3.78. The highest BCUT2D eigenvalue weighted by atomic mass is 14.9. The maximum absolute atomic E-state index is 4.56. The second-order valence-corrected chi connectivity index (χ2v) is 3.53. The van der Waals surface area contributed by atoms with E-state index < -0.39 is 0 Å². The van der Waals surface area contributed by atoms with Gasteiger partial charge in [-0.1, -0.05) is 13.8 Å². The third kappa shape index (κ3) is 1.50. The molecular weight excluding hydrogens is 174 g/mol. The van der Waals surface area contributed by atoms with E-state index in [1.165, 1.54) is 0 Å². The molecule has 74 valence electrons. The van der Waals surface area contributed by atoms with Gasteiger partial charge in [0.15, 0.2) is 0 Å². The van der Waals surface area contributed by atoms with E-state index in [1.807, 2.05) is 12.3 Å². The molecule has 0 aliphatic rings. The number of H-pyrrole nitrogens is 1. The third-order valence-corrected chi connectivity index (χ3v) is 2.67. The van der Waals surface area contributed by atoms with Crippen LogP contribution in [-0.4, -0.2) is 15.0 Å². The zero-order chi connectivity index (χ0) is 9.97. The van der Waals surface area contributed by atoms with Crippen molar-refractivity contribution in [1.82, 2.24) is 15.0 Å². The number of fused-ring (bicyclic) bond motifs is 1. The molecule has 0 fully saturated rings. The number of imidazole rings is 1. The Balaban J connectivity index is 2.43. The van der Waals surface area contributed by atoms with Crippen molar-refractivity contribution in [3.63, 3.8) is 0 Å². The van der Waals surface area contributed by atoms with Crippen molar-refractivity contribution in [3.8, 4) is 0 Å². The first-order chi connectivity index (χ1) is 6.85. The van der Waals surface area contributed by atoms with Gasteiger partial charge in [0.25, 0.3) is 0 Å². The summed E-state index contributed by atoms with van der Waals surface area (Å²) in [6.07, 6.45) is 5.86. The van der Waals surface area contributed by atoms with E-state index in [4.69, 9.17) is 0 Å². The molecule has 0 radical (unpaired) electrons. The Kier molecular flexibility index (Phi) is 2.48. The molecule has 2 aromatic rings. The van der Waals surface area contributed by atoms with Gasteiger partial charge in [-0.25, -0.2) is 4.98 Å². The van der Waals surface area contributed by atoms with E-state index in [1.54, 1.807) is 6.20 Å². The Hall–Kier alpha value is -1.38. The lowest BCUT2D eigenvalue weighted by Crippen LogP contribution is -1.97. The van der Waals surface area contributed by atoms with Crippen LogP contribution in [0.25, 0.3) is 11.0 Å². The minimum atomic E-state index is 0.544. The first-order valence-electron chi connectivity index (χ1n) is 5.14. The molecule has 0 unspecified atom stereocenters. The number of aromatic nitrogens is 3. The van der Waals surface area contributed by atoms with Gasteiger partial charge in [0.2, 0.25) is 0 Å². The Morgan fingerprint density at radius 3 is 2.79 bits per heavy atom. The lowest BCUT2D eigenvalue weighted by Gasteiger charge is -2.07. The lowest BCUT2D eigenvalue weighted by molar-refractivity contribution is 0.611. The fourth-order valence-corrected chi connectivity index (χ4v) is 1.75. The van der Waals surface area contributed by atoms with Gasteiger partial charge in [0.05, 0.1) is 17.2 Å². The fourth-order valence-electron chi connectivity index (χ4n) is 1.75. The molecule has 3 nitrogen and oxygen atoms in total. The first kappa shape index (κ1) is 9.19. The first-order valence-corrected chi connectivity index (χ1v) is 5.14. The summed E-state index contributed by atoms with van der Waals surface area (Å²) < 4.78 is 0. The third-order valence-electron chi connectivity index (χ3n) is 2.67. The molecule has 2 heterocycles. The summed E-state index contributed by atoms with van der Waals surface area (Å²) in [7, 11) is 0. The molecular formula is C11H15N3. The highest BCUT2D eigenvalue weighted by Crippen LogP contribution is 2.22. The second-order valence-electron chi connectivity index (χ2n) is 3.53. The Morgan fingerprint density at radius 1 is 1.36 bits per heavy atom. The molecule has 2 aromatic heterocycles. The number of nitrogens with one attached hydrogen (secondary N) is 1. The van der Waals surface area contributed by atoms with Crippen molar-refractivity contribution in [2.24, 2.45) is 0 Å². The summed E-state index contributed by atoms with van der Waals surface area (Å²) in [5, 5.41) is 0. The van der Waals surface area contributed by atoms with Crippen LogP contribution in [0.5, 0.6) is 0 Å². The van der Waals surface area contributed by atoms with Gasteiger partial charge in [-0.05, 0) is 18.9 Å². The highest BCUT2D eigenvalue weighted by molar-refractivity contribution is 5.73. The number of pyridine rings is 1. The molecule has 0 aliphatic carbocycles. The molecule has 0 spiro atoms. The largest absolute Gasteiger partial charge is 0.340 e. The minimum Gasteiger partial charge on any atom is -0.340 e. The van der Waals surface area contributed by atoms with Crippen LogP contribution in [0, 0.1) is 0 Å². The minimum absolute atomic E-state index is 0.544. The van der Waals surface area contributed by atoms with Crippen molar-refractivity contribution in [2.75, 3.05) is 0 Å². The monoisotopic (exact) mass is 189 g/mol. The predicted octanol–water partition coefficient (Wildman–Crippen LogP) is 2.86. The molecule has 0 saturated carbocycles. The average Bonchev–Trinajstić information content (AvgIpc) is 2.63. The van der Waals surface area contributed by atoms with Gasteiger partial charge < -0.3 is 4.98 Å². The van der Waals surface area contributed by atoms with Crippen LogP contribution in [0.2, 0.25) is 0 Å². The SMILES string of the molecule is CCC(CC)c1nc2ccncc2[nH]1. The molecule has 0 aliphatic heterocycles. The quantitative estimate of drug-likeness (QED) is 0.806. The van der Waals surface area contributed by atoms with E-state index in [9.17, 15) is 0 Å². The van der Waals surface area contributed by atoms with E-state index >= 15 is 0 Å². The smallest absolute Gasteiger partial charge is 0.110 e. The summed E-state index contributed by atoms with van der Waals surface area (Å²) in [6.45, 7) is 4.39. The fraction of sp³-hybridized carbons (Fsp3) is 0.455. The van der Waals surface area contributed by atoms with Gasteiger partial charge in [-0.3, -0.25) is 4.98 Å². The summed E-state index contributed by atoms with van der Waals surface area (Å²) >= 11 is 0. The van der Waals surface area contributed by atoms with Crippen LogP contribution in [-0.2, 0) is 0 Å². The van der Waals surface area contributed by atoms with Gasteiger partial charge >= 0.3 is 0 Å². The van der Waals surface area contributed by atoms with Crippen LogP contribution < -0.4 is 0 Å². The Bertz CT molecular complexity index is 382. The zero-order valence-corrected chi connectivity index (χ0v) is 8.62. The topological polar surface area (TPSA) is 41.6 Å². The van der Waals surface area contributed by atoms with Crippen LogP contribution in [0.15, 0.2) is 18.5 Å². The number of aromatic amines is 1. The lowest BCUT2D eigenvalue weighted by atomic mass is 10.0. The normalized spacial score (nSPS) is 11.4. The maximum Gasteiger partial charge on any atom is 0.110 e. The molecule has 2 rings (SSSR count). The maximum atomic E-state index is 4.56. The van der Waals surface area contributed by atoms with Crippen molar-refractivity contribution < 1.29 is 0 Å². The summed E-state index contributed by atoms with van der Waals surface area (Å²) in [5.74, 6) is 1.64. The van der Waals surface area contributed by atoms with Crippen LogP contribution in [0.3, 0.4) is 0 Å². The van der Waals surface area contributed by atoms with Crippen molar-refractivity contribution in [3.05, 3.63) is 24.3 Å². The summed E-state index contributed by atoms with van der Waals surface area (Å²) in [4.78, 5) is 11.9. The molecule has 0 amide bonds. The van der Waals surface area contributed by atoms with E-state index in [0.29, 0.717) is 5.92 Å². The molecule has 0 saturated heterocycles. The molecule has 3 heteroatoms. The van der Waals surface area contributed by atoms with Crippen LogP contribution in [0.4, 0.5) is 0 Å². The molecule has 14 heavy (non-hydrogen) atoms. The number of rotatable bonds is 3. The highest BCUT2D eigenvalue weighted by Gasteiger charge is 2.11. The van der Waals surface area contributed by atoms with Crippen molar-refractivity contribution in [1.29, 1.82) is 0 Å². The van der Waals surface area contributed by atoms with Gasteiger partial charge in [-0.15, -0.1) is 0 Å². The molecule has 0 aromatic carbocycles. The number of hydrogen-bond donors (Lipinski definition) is 1. The molecule has 0 bridgehead atoms. The molecule has 1 N–H and O–H groups in total. The van der Waals surface area contributed by atoms with Crippen molar-refractivity contribution >= 4 is 11.0 Å². The summed E-state index contributed by atoms with van der Waals surface area (Å²) in [5.41, 5.74) is 2.05. The van der Waals surface area contributed by atoms with E-state index in [-0.39, 0.29) is 0 Å². The van der Waals surface area contributed by atoms with Gasteiger partial charge in [-0.2, -0.15) is 0 Å². The average molecular weight is 189 g/mol. The van der Waals surface area contributed by atoms with Crippen molar-refractivity contribution in [2.45, 2.75) is 32.6 Å². The predicted molar refractivity (Wildman–Crippen MR) is 57.2 cm³/mol. The number of hydrogen-bond acceptors (Lipinski definition) is 2. The van der Waals surface area contributed by atoms with Gasteiger partial charge in [0.1, 0.15) is 5.82 Å². The van der Waals surface area contributed by atoms with E-state index in [2.05, 4.69) is 28.8 Å². The Morgan fingerprint density at radius 2 is 2.14 bits per heavy atom.